The normalized spacial score (nSPS) is 18.1. The van der Waals surface area contributed by atoms with Crippen LogP contribution < -0.4 is 5.32 Å². The van der Waals surface area contributed by atoms with E-state index >= 15 is 0 Å². The van der Waals surface area contributed by atoms with Crippen molar-refractivity contribution < 1.29 is 8.42 Å². The molecule has 2 rings (SSSR count). The summed E-state index contributed by atoms with van der Waals surface area (Å²) in [5, 5.41) is 2.96. The van der Waals surface area contributed by atoms with Crippen molar-refractivity contribution in [2.45, 2.75) is 18.7 Å². The molecule has 6 heteroatoms. The van der Waals surface area contributed by atoms with Crippen LogP contribution in [0, 0.1) is 5.92 Å². The zero-order chi connectivity index (χ0) is 15.5. The summed E-state index contributed by atoms with van der Waals surface area (Å²) in [4.78, 5) is 2.70. The molecule has 0 bridgehead atoms. The second kappa shape index (κ2) is 6.77. The number of nitrogens with one attached hydrogen (secondary N) is 1. The topological polar surface area (TPSA) is 52.7 Å². The van der Waals surface area contributed by atoms with Gasteiger partial charge in [0.2, 0.25) is 10.0 Å². The Labute approximate surface area is 128 Å². The van der Waals surface area contributed by atoms with Gasteiger partial charge in [0, 0.05) is 39.8 Å². The summed E-state index contributed by atoms with van der Waals surface area (Å²) in [6.45, 7) is 8.14. The molecule has 0 amide bonds. The van der Waals surface area contributed by atoms with Crippen molar-refractivity contribution in [3.63, 3.8) is 0 Å². The van der Waals surface area contributed by atoms with E-state index in [1.807, 2.05) is 6.07 Å². The number of hydrogen-bond donors (Lipinski definition) is 1. The standard InChI is InChI=1S/C15H25N3O2S/c1-13(2)12-17-8-10-18(11-9-17)21(19,20)15-7-5-4-6-14(15)16-3/h4-7,13,16H,8-12H2,1-3H3. The quantitative estimate of drug-likeness (QED) is 0.899. The van der Waals surface area contributed by atoms with Crippen LogP contribution in [0.15, 0.2) is 29.2 Å². The van der Waals surface area contributed by atoms with Crippen LogP contribution in [0.4, 0.5) is 5.69 Å². The highest BCUT2D eigenvalue weighted by Crippen LogP contribution is 2.24. The van der Waals surface area contributed by atoms with Gasteiger partial charge in [-0.15, -0.1) is 0 Å². The lowest BCUT2D eigenvalue weighted by Crippen LogP contribution is -2.49. The lowest BCUT2D eigenvalue weighted by atomic mass is 10.2. The summed E-state index contributed by atoms with van der Waals surface area (Å²) in [5.41, 5.74) is 0.655. The zero-order valence-electron chi connectivity index (χ0n) is 13.0. The van der Waals surface area contributed by atoms with Crippen molar-refractivity contribution in [3.8, 4) is 0 Å². The largest absolute Gasteiger partial charge is 0.387 e. The van der Waals surface area contributed by atoms with Gasteiger partial charge in [-0.05, 0) is 18.1 Å². The zero-order valence-corrected chi connectivity index (χ0v) is 13.9. The number of rotatable bonds is 5. The fourth-order valence-corrected chi connectivity index (χ4v) is 4.33. The average molecular weight is 311 g/mol. The molecule has 118 valence electrons. The van der Waals surface area contributed by atoms with Crippen molar-refractivity contribution in [1.29, 1.82) is 0 Å². The molecule has 1 aromatic carbocycles. The van der Waals surface area contributed by atoms with Gasteiger partial charge in [0.25, 0.3) is 0 Å². The third-order valence-electron chi connectivity index (χ3n) is 3.73. The molecule has 5 nitrogen and oxygen atoms in total. The third-order valence-corrected chi connectivity index (χ3v) is 5.69. The predicted molar refractivity (Wildman–Crippen MR) is 86.0 cm³/mol. The van der Waals surface area contributed by atoms with E-state index in [1.165, 1.54) is 0 Å². The maximum Gasteiger partial charge on any atom is 0.245 e. The first kappa shape index (κ1) is 16.3. The van der Waals surface area contributed by atoms with Gasteiger partial charge >= 0.3 is 0 Å². The van der Waals surface area contributed by atoms with E-state index in [1.54, 1.807) is 29.6 Å². The summed E-state index contributed by atoms with van der Waals surface area (Å²) >= 11 is 0. The molecule has 0 aromatic heterocycles. The van der Waals surface area contributed by atoms with Crippen LogP contribution in [0.1, 0.15) is 13.8 Å². The summed E-state index contributed by atoms with van der Waals surface area (Å²) < 4.78 is 27.1. The maximum absolute atomic E-state index is 12.8. The minimum atomic E-state index is -3.41. The van der Waals surface area contributed by atoms with Crippen LogP contribution in [0.5, 0.6) is 0 Å². The lowest BCUT2D eigenvalue weighted by molar-refractivity contribution is 0.172. The van der Waals surface area contributed by atoms with Gasteiger partial charge in [-0.2, -0.15) is 4.31 Å². The summed E-state index contributed by atoms with van der Waals surface area (Å²) in [5.74, 6) is 0.609. The maximum atomic E-state index is 12.8. The smallest absolute Gasteiger partial charge is 0.245 e. The van der Waals surface area contributed by atoms with Crippen LogP contribution in [-0.2, 0) is 10.0 Å². The first-order chi connectivity index (χ1) is 9.95. The second-order valence-corrected chi connectivity index (χ2v) is 7.75. The lowest BCUT2D eigenvalue weighted by Gasteiger charge is -2.35. The third kappa shape index (κ3) is 3.75. The molecular formula is C15H25N3O2S. The number of nitrogens with zero attached hydrogens (tertiary/aromatic N) is 2. The van der Waals surface area contributed by atoms with E-state index < -0.39 is 10.0 Å². The first-order valence-electron chi connectivity index (χ1n) is 7.44. The molecule has 1 aromatic rings. The van der Waals surface area contributed by atoms with Crippen molar-refractivity contribution >= 4 is 15.7 Å². The summed E-state index contributed by atoms with van der Waals surface area (Å²) in [7, 11) is -1.67. The molecule has 0 aliphatic carbocycles. The van der Waals surface area contributed by atoms with E-state index in [2.05, 4.69) is 24.1 Å². The molecule has 0 saturated carbocycles. The molecule has 0 atom stereocenters. The van der Waals surface area contributed by atoms with Crippen LogP contribution in [-0.4, -0.2) is 57.4 Å². The van der Waals surface area contributed by atoms with Gasteiger partial charge in [0.05, 0.1) is 5.69 Å². The van der Waals surface area contributed by atoms with E-state index in [4.69, 9.17) is 0 Å². The molecule has 1 fully saturated rings. The Balaban J connectivity index is 2.11. The Morgan fingerprint density at radius 2 is 1.76 bits per heavy atom. The molecule has 1 saturated heterocycles. The molecule has 1 heterocycles. The molecule has 0 unspecified atom stereocenters. The molecule has 21 heavy (non-hydrogen) atoms. The van der Waals surface area contributed by atoms with Gasteiger partial charge in [0.15, 0.2) is 0 Å². The number of hydrogen-bond acceptors (Lipinski definition) is 4. The van der Waals surface area contributed by atoms with E-state index in [0.717, 1.165) is 19.6 Å². The Kier molecular flexibility index (Phi) is 5.24. The minimum Gasteiger partial charge on any atom is -0.387 e. The van der Waals surface area contributed by atoms with Gasteiger partial charge in [-0.1, -0.05) is 26.0 Å². The molecule has 0 radical (unpaired) electrons. The van der Waals surface area contributed by atoms with Gasteiger partial charge < -0.3 is 10.2 Å². The molecule has 1 aliphatic rings. The van der Waals surface area contributed by atoms with E-state index in [0.29, 0.717) is 29.6 Å². The van der Waals surface area contributed by atoms with Crippen LogP contribution in [0.25, 0.3) is 0 Å². The SMILES string of the molecule is CNc1ccccc1S(=O)(=O)N1CCN(CC(C)C)CC1. The molecule has 1 aliphatic heterocycles. The average Bonchev–Trinajstić information content (AvgIpc) is 2.47. The van der Waals surface area contributed by atoms with Crippen molar-refractivity contribution in [2.24, 2.45) is 5.92 Å². The van der Waals surface area contributed by atoms with E-state index in [-0.39, 0.29) is 0 Å². The fraction of sp³-hybridized carbons (Fsp3) is 0.600. The van der Waals surface area contributed by atoms with Crippen LogP contribution in [0.3, 0.4) is 0 Å². The number of para-hydroxylation sites is 1. The predicted octanol–water partition coefficient (Wildman–Crippen LogP) is 1.69. The highest BCUT2D eigenvalue weighted by Gasteiger charge is 2.29. The van der Waals surface area contributed by atoms with Crippen molar-refractivity contribution in [1.82, 2.24) is 9.21 Å². The monoisotopic (exact) mass is 311 g/mol. The number of anilines is 1. The second-order valence-electron chi connectivity index (χ2n) is 5.84. The number of sulfonamides is 1. The Bertz CT molecular complexity index is 564. The highest BCUT2D eigenvalue weighted by atomic mass is 32.2. The Hall–Kier alpha value is -1.11. The van der Waals surface area contributed by atoms with Gasteiger partial charge in [-0.3, -0.25) is 0 Å². The van der Waals surface area contributed by atoms with E-state index in [9.17, 15) is 8.42 Å². The highest BCUT2D eigenvalue weighted by molar-refractivity contribution is 7.89. The van der Waals surface area contributed by atoms with Crippen molar-refractivity contribution in [2.75, 3.05) is 45.1 Å². The Morgan fingerprint density at radius 3 is 2.33 bits per heavy atom. The molecular weight excluding hydrogens is 286 g/mol. The Morgan fingerprint density at radius 1 is 1.14 bits per heavy atom. The first-order valence-corrected chi connectivity index (χ1v) is 8.88. The van der Waals surface area contributed by atoms with Crippen LogP contribution >= 0.6 is 0 Å². The minimum absolute atomic E-state index is 0.366. The summed E-state index contributed by atoms with van der Waals surface area (Å²) in [6, 6.07) is 7.07. The number of benzene rings is 1. The molecule has 0 spiro atoms. The number of piperazine rings is 1. The van der Waals surface area contributed by atoms with Crippen LogP contribution in [0.2, 0.25) is 0 Å². The van der Waals surface area contributed by atoms with Gasteiger partial charge in [0.1, 0.15) is 4.90 Å². The van der Waals surface area contributed by atoms with Gasteiger partial charge in [-0.25, -0.2) is 8.42 Å². The van der Waals surface area contributed by atoms with Crippen molar-refractivity contribution in [3.05, 3.63) is 24.3 Å². The fourth-order valence-electron chi connectivity index (χ4n) is 2.71. The summed E-state index contributed by atoms with van der Waals surface area (Å²) in [6.07, 6.45) is 0. The molecule has 1 N–H and O–H groups in total.